The van der Waals surface area contributed by atoms with Crippen molar-refractivity contribution in [1.29, 1.82) is 5.26 Å². The molecule has 5 heteroatoms. The third kappa shape index (κ3) is 3.31. The number of rotatable bonds is 5. The molecule has 2 N–H and O–H groups in total. The Kier molecular flexibility index (Phi) is 4.77. The number of ether oxygens (including phenoxy) is 2. The summed E-state index contributed by atoms with van der Waals surface area (Å²) in [6.45, 7) is -0.227. The monoisotopic (exact) mass is 285 g/mol. The Hall–Kier alpha value is -2.55. The van der Waals surface area contributed by atoms with Crippen molar-refractivity contribution < 1.29 is 19.7 Å². The van der Waals surface area contributed by atoms with Gasteiger partial charge < -0.3 is 19.7 Å². The van der Waals surface area contributed by atoms with E-state index in [0.717, 1.165) is 0 Å². The highest BCUT2D eigenvalue weighted by atomic mass is 16.5. The van der Waals surface area contributed by atoms with Crippen LogP contribution in [0.4, 0.5) is 0 Å². The van der Waals surface area contributed by atoms with E-state index in [1.807, 2.05) is 6.07 Å². The molecule has 0 amide bonds. The second-order valence-electron chi connectivity index (χ2n) is 4.35. The van der Waals surface area contributed by atoms with Gasteiger partial charge in [-0.15, -0.1) is 0 Å². The summed E-state index contributed by atoms with van der Waals surface area (Å²) in [6.07, 6.45) is 0. The quantitative estimate of drug-likeness (QED) is 0.881. The maximum atomic E-state index is 9.15. The third-order valence-electron chi connectivity index (χ3n) is 2.98. The molecule has 0 aromatic heterocycles. The molecule has 0 saturated carbocycles. The van der Waals surface area contributed by atoms with Gasteiger partial charge in [0.25, 0.3) is 0 Å². The highest BCUT2D eigenvalue weighted by molar-refractivity contribution is 5.50. The minimum absolute atomic E-state index is 0.0920. The highest BCUT2D eigenvalue weighted by Gasteiger charge is 2.10. The van der Waals surface area contributed by atoms with Gasteiger partial charge in [0.2, 0.25) is 0 Å². The molecular formula is C16H15NO4. The summed E-state index contributed by atoms with van der Waals surface area (Å²) in [7, 11) is 1.50. The molecule has 21 heavy (non-hydrogen) atoms. The molecule has 0 heterocycles. The van der Waals surface area contributed by atoms with E-state index in [0.29, 0.717) is 33.9 Å². The first-order valence-corrected chi connectivity index (χ1v) is 6.31. The predicted octanol–water partition coefficient (Wildman–Crippen LogP) is 2.34. The van der Waals surface area contributed by atoms with Gasteiger partial charge in [0.05, 0.1) is 25.9 Å². The van der Waals surface area contributed by atoms with Crippen LogP contribution < -0.4 is 9.47 Å². The summed E-state index contributed by atoms with van der Waals surface area (Å²) in [5.41, 5.74) is 1.67. The zero-order valence-electron chi connectivity index (χ0n) is 11.5. The number of methoxy groups -OCH3 is 1. The van der Waals surface area contributed by atoms with Crippen molar-refractivity contribution in [2.45, 2.75) is 13.2 Å². The van der Waals surface area contributed by atoms with Gasteiger partial charge in [-0.2, -0.15) is 5.26 Å². The van der Waals surface area contributed by atoms with Crippen molar-refractivity contribution in [1.82, 2.24) is 0 Å². The summed E-state index contributed by atoms with van der Waals surface area (Å²) in [6, 6.07) is 12.0. The zero-order chi connectivity index (χ0) is 15.2. The molecule has 0 aliphatic carbocycles. The fourth-order valence-electron chi connectivity index (χ4n) is 1.86. The molecule has 0 unspecified atom stereocenters. The van der Waals surface area contributed by atoms with Crippen LogP contribution in [0.15, 0.2) is 36.4 Å². The van der Waals surface area contributed by atoms with Crippen molar-refractivity contribution in [2.24, 2.45) is 0 Å². The van der Waals surface area contributed by atoms with Crippen molar-refractivity contribution in [3.8, 4) is 23.3 Å². The average Bonchev–Trinajstić information content (AvgIpc) is 2.55. The normalized spacial score (nSPS) is 10.0. The van der Waals surface area contributed by atoms with Crippen LogP contribution in [-0.2, 0) is 13.2 Å². The molecule has 0 fully saturated rings. The van der Waals surface area contributed by atoms with Crippen molar-refractivity contribution in [2.75, 3.05) is 7.11 Å². The minimum atomic E-state index is -0.135. The van der Waals surface area contributed by atoms with Crippen LogP contribution in [-0.4, -0.2) is 17.3 Å². The first-order valence-electron chi connectivity index (χ1n) is 6.31. The number of benzene rings is 2. The molecule has 0 aliphatic heterocycles. The molecule has 0 atom stereocenters. The molecule has 2 aromatic rings. The fourth-order valence-corrected chi connectivity index (χ4v) is 1.86. The Labute approximate surface area is 122 Å². The first kappa shape index (κ1) is 14.9. The summed E-state index contributed by atoms with van der Waals surface area (Å²) < 4.78 is 10.9. The Morgan fingerprint density at radius 1 is 0.952 bits per heavy atom. The standard InChI is InChI=1S/C16H15NO4/c1-20-16-7-12(10-19)3-5-15(16)21-14-4-2-11(9-18)6-13(14)8-17/h2-7,18-19H,9-10H2,1H3. The van der Waals surface area contributed by atoms with Crippen LogP contribution in [0.3, 0.4) is 0 Å². The van der Waals surface area contributed by atoms with Crippen molar-refractivity contribution in [3.63, 3.8) is 0 Å². The summed E-state index contributed by atoms with van der Waals surface area (Å²) in [5, 5.41) is 27.3. The third-order valence-corrected chi connectivity index (χ3v) is 2.98. The minimum Gasteiger partial charge on any atom is -0.493 e. The Morgan fingerprint density at radius 3 is 2.14 bits per heavy atom. The van der Waals surface area contributed by atoms with Gasteiger partial charge in [0.1, 0.15) is 11.8 Å². The summed E-state index contributed by atoms with van der Waals surface area (Å²) in [4.78, 5) is 0. The molecule has 5 nitrogen and oxygen atoms in total. The predicted molar refractivity (Wildman–Crippen MR) is 76.1 cm³/mol. The molecule has 108 valence electrons. The lowest BCUT2D eigenvalue weighted by atomic mass is 10.1. The number of aliphatic hydroxyl groups is 2. The maximum absolute atomic E-state index is 9.15. The fraction of sp³-hybridized carbons (Fsp3) is 0.188. The van der Waals surface area contributed by atoms with Crippen LogP contribution in [0, 0.1) is 11.3 Å². The van der Waals surface area contributed by atoms with Crippen LogP contribution in [0.2, 0.25) is 0 Å². The number of aliphatic hydroxyl groups excluding tert-OH is 2. The van der Waals surface area contributed by atoms with Gasteiger partial charge in [0, 0.05) is 0 Å². The molecule has 2 aromatic carbocycles. The summed E-state index contributed by atoms with van der Waals surface area (Å²) in [5.74, 6) is 1.30. The molecule has 0 spiro atoms. The van der Waals surface area contributed by atoms with Crippen molar-refractivity contribution in [3.05, 3.63) is 53.1 Å². The van der Waals surface area contributed by atoms with E-state index in [4.69, 9.17) is 24.9 Å². The molecule has 0 radical (unpaired) electrons. The van der Waals surface area contributed by atoms with E-state index >= 15 is 0 Å². The van der Waals surface area contributed by atoms with E-state index in [9.17, 15) is 0 Å². The molecule has 2 rings (SSSR count). The van der Waals surface area contributed by atoms with E-state index < -0.39 is 0 Å². The number of nitriles is 1. The van der Waals surface area contributed by atoms with Gasteiger partial charge in [-0.25, -0.2) is 0 Å². The van der Waals surface area contributed by atoms with Crippen molar-refractivity contribution >= 4 is 0 Å². The van der Waals surface area contributed by atoms with Gasteiger partial charge >= 0.3 is 0 Å². The first-order chi connectivity index (χ1) is 10.2. The highest BCUT2D eigenvalue weighted by Crippen LogP contribution is 2.34. The van der Waals surface area contributed by atoms with E-state index in [1.54, 1.807) is 36.4 Å². The zero-order valence-corrected chi connectivity index (χ0v) is 11.5. The smallest absolute Gasteiger partial charge is 0.169 e. The SMILES string of the molecule is COc1cc(CO)ccc1Oc1ccc(CO)cc1C#N. The Balaban J connectivity index is 2.36. The number of hydrogen-bond donors (Lipinski definition) is 2. The van der Waals surface area contributed by atoms with Crippen LogP contribution >= 0.6 is 0 Å². The lowest BCUT2D eigenvalue weighted by Gasteiger charge is -2.12. The van der Waals surface area contributed by atoms with Gasteiger partial charge in [0.15, 0.2) is 11.5 Å². The molecule has 0 bridgehead atoms. The Morgan fingerprint density at radius 2 is 1.57 bits per heavy atom. The second kappa shape index (κ2) is 6.75. The lowest BCUT2D eigenvalue weighted by Crippen LogP contribution is -1.95. The van der Waals surface area contributed by atoms with Gasteiger partial charge in [-0.05, 0) is 35.4 Å². The maximum Gasteiger partial charge on any atom is 0.169 e. The average molecular weight is 285 g/mol. The summed E-state index contributed by atoms with van der Waals surface area (Å²) >= 11 is 0. The molecule has 0 aliphatic rings. The van der Waals surface area contributed by atoms with Gasteiger partial charge in [-0.1, -0.05) is 12.1 Å². The largest absolute Gasteiger partial charge is 0.493 e. The Bertz CT molecular complexity index is 676. The lowest BCUT2D eigenvalue weighted by molar-refractivity contribution is 0.280. The van der Waals surface area contributed by atoms with E-state index in [-0.39, 0.29) is 13.2 Å². The van der Waals surface area contributed by atoms with E-state index in [2.05, 4.69) is 0 Å². The second-order valence-corrected chi connectivity index (χ2v) is 4.35. The van der Waals surface area contributed by atoms with E-state index in [1.165, 1.54) is 7.11 Å². The van der Waals surface area contributed by atoms with Crippen LogP contribution in [0.25, 0.3) is 0 Å². The number of nitrogens with zero attached hydrogens (tertiary/aromatic N) is 1. The van der Waals surface area contributed by atoms with Gasteiger partial charge in [-0.3, -0.25) is 0 Å². The van der Waals surface area contributed by atoms with Crippen LogP contribution in [0.5, 0.6) is 17.2 Å². The molecule has 0 saturated heterocycles. The van der Waals surface area contributed by atoms with Crippen LogP contribution in [0.1, 0.15) is 16.7 Å². The topological polar surface area (TPSA) is 82.7 Å². The number of hydrogen-bond acceptors (Lipinski definition) is 5. The molecular weight excluding hydrogens is 270 g/mol.